The maximum Gasteiger partial charge on any atom is 0.472 e. The molecule has 0 aromatic carbocycles. The summed E-state index contributed by atoms with van der Waals surface area (Å²) in [6.45, 7) is 3.35. The molecule has 0 heterocycles. The van der Waals surface area contributed by atoms with Gasteiger partial charge in [0.1, 0.15) is 43.2 Å². The van der Waals surface area contributed by atoms with Crippen molar-refractivity contribution in [2.24, 2.45) is 0 Å². The molecule has 1 rings (SSSR count). The molecule has 1 aliphatic carbocycles. The Kier molecular flexibility index (Phi) is 38.9. The average Bonchev–Trinajstić information content (AvgIpc) is 3.28. The van der Waals surface area contributed by atoms with Gasteiger partial charge < -0.3 is 39.9 Å². The molecule has 13 nitrogen and oxygen atoms in total. The Morgan fingerprint density at radius 1 is 0.422 bits per heavy atom. The van der Waals surface area contributed by atoms with Gasteiger partial charge in [-0.1, -0.05) is 226 Å². The lowest BCUT2D eigenvalue weighted by Gasteiger charge is -2.41. The minimum absolute atomic E-state index is 0.105. The molecule has 0 aromatic rings. The predicted octanol–water partition coefficient (Wildman–Crippen LogP) is 11.2. The van der Waals surface area contributed by atoms with Crippen molar-refractivity contribution in [3.8, 4) is 0 Å². The summed E-state index contributed by atoms with van der Waals surface area (Å²) < 4.78 is 33.7. The standard InChI is InChI=1S/C50H97O13P/c1-3-5-7-9-11-13-15-17-19-21-23-24-26-28-30-32-34-36-38-43(51)60-40-42(41-61-64(58,59)63-50-48(56)46(54)45(53)47(55)49(50)57)62-44(52)39-37-35-33-31-29-27-25-22-20-18-16-14-12-10-8-6-4-2/h42,45-50,53-57H,3-41H2,1-2H3,(H,58,59)/t42-,45?,46-,47?,48?,49?,50?/m0/s1. The number of esters is 2. The molecule has 0 spiro atoms. The van der Waals surface area contributed by atoms with E-state index in [1.54, 1.807) is 0 Å². The van der Waals surface area contributed by atoms with Crippen molar-refractivity contribution in [2.45, 2.75) is 294 Å². The Morgan fingerprint density at radius 2 is 0.703 bits per heavy atom. The zero-order chi connectivity index (χ0) is 47.1. The second kappa shape index (κ2) is 40.9. The molecule has 0 amide bonds. The number of aliphatic hydroxyl groups excluding tert-OH is 5. The number of aliphatic hydroxyl groups is 5. The number of carbonyl (C=O) groups excluding carboxylic acids is 2. The lowest BCUT2D eigenvalue weighted by Crippen LogP contribution is -2.64. The summed E-state index contributed by atoms with van der Waals surface area (Å²) in [6.07, 6.45) is 30.0. The van der Waals surface area contributed by atoms with Crippen molar-refractivity contribution < 1.29 is 63.1 Å². The van der Waals surface area contributed by atoms with Gasteiger partial charge in [0.2, 0.25) is 0 Å². The van der Waals surface area contributed by atoms with Crippen LogP contribution in [0.2, 0.25) is 0 Å². The Balaban J connectivity index is 2.37. The quantitative estimate of drug-likeness (QED) is 0.0191. The minimum Gasteiger partial charge on any atom is -0.462 e. The maximum absolute atomic E-state index is 12.8. The molecule has 0 radical (unpaired) electrons. The first-order chi connectivity index (χ1) is 30.9. The zero-order valence-corrected chi connectivity index (χ0v) is 41.5. The van der Waals surface area contributed by atoms with Gasteiger partial charge in [0.15, 0.2) is 6.10 Å². The summed E-state index contributed by atoms with van der Waals surface area (Å²) in [5.74, 6) is -1.08. The van der Waals surface area contributed by atoms with E-state index in [0.717, 1.165) is 38.5 Å². The van der Waals surface area contributed by atoms with Crippen LogP contribution in [0.25, 0.3) is 0 Å². The van der Waals surface area contributed by atoms with Crippen LogP contribution < -0.4 is 0 Å². The average molecular weight is 937 g/mol. The van der Waals surface area contributed by atoms with E-state index >= 15 is 0 Å². The fourth-order valence-electron chi connectivity index (χ4n) is 8.47. The highest BCUT2D eigenvalue weighted by atomic mass is 31.2. The van der Waals surface area contributed by atoms with Crippen LogP contribution in [0.1, 0.15) is 251 Å². The summed E-state index contributed by atoms with van der Waals surface area (Å²) >= 11 is 0. The summed E-state index contributed by atoms with van der Waals surface area (Å²) in [4.78, 5) is 35.8. The van der Waals surface area contributed by atoms with Crippen LogP contribution in [-0.2, 0) is 32.7 Å². The number of carbonyl (C=O) groups is 2. The second-order valence-corrected chi connectivity index (χ2v) is 20.2. The smallest absolute Gasteiger partial charge is 0.462 e. The first kappa shape index (κ1) is 60.9. The number of hydrogen-bond acceptors (Lipinski definition) is 12. The van der Waals surface area contributed by atoms with Crippen molar-refractivity contribution in [1.29, 1.82) is 0 Å². The van der Waals surface area contributed by atoms with Gasteiger partial charge in [-0.3, -0.25) is 18.6 Å². The fraction of sp³-hybridized carbons (Fsp3) is 0.960. The lowest BCUT2D eigenvalue weighted by molar-refractivity contribution is -0.220. The van der Waals surface area contributed by atoms with E-state index in [0.29, 0.717) is 12.8 Å². The van der Waals surface area contributed by atoms with Gasteiger partial charge in [0, 0.05) is 12.8 Å². The molecule has 64 heavy (non-hydrogen) atoms. The van der Waals surface area contributed by atoms with E-state index in [2.05, 4.69) is 13.8 Å². The topological polar surface area (TPSA) is 210 Å². The largest absolute Gasteiger partial charge is 0.472 e. The number of hydrogen-bond donors (Lipinski definition) is 6. The normalized spacial score (nSPS) is 21.4. The molecule has 0 aliphatic heterocycles. The zero-order valence-electron chi connectivity index (χ0n) is 40.6. The Bertz CT molecular complexity index is 1130. The van der Waals surface area contributed by atoms with Crippen LogP contribution in [0.15, 0.2) is 0 Å². The van der Waals surface area contributed by atoms with Crippen LogP contribution >= 0.6 is 7.82 Å². The van der Waals surface area contributed by atoms with Crippen LogP contribution in [-0.4, -0.2) is 98.3 Å². The van der Waals surface area contributed by atoms with Crippen molar-refractivity contribution >= 4 is 19.8 Å². The van der Waals surface area contributed by atoms with E-state index in [1.807, 2.05) is 0 Å². The van der Waals surface area contributed by atoms with Crippen molar-refractivity contribution in [3.05, 3.63) is 0 Å². The third-order valence-electron chi connectivity index (χ3n) is 12.7. The van der Waals surface area contributed by atoms with Crippen molar-refractivity contribution in [1.82, 2.24) is 0 Å². The monoisotopic (exact) mass is 937 g/mol. The molecular weight excluding hydrogens is 840 g/mol. The third kappa shape index (κ3) is 32.5. The Labute approximate surface area is 389 Å². The molecule has 380 valence electrons. The van der Waals surface area contributed by atoms with Gasteiger partial charge in [0.25, 0.3) is 0 Å². The van der Waals surface area contributed by atoms with E-state index in [4.69, 9.17) is 18.5 Å². The fourth-order valence-corrected chi connectivity index (χ4v) is 9.44. The molecule has 0 saturated heterocycles. The summed E-state index contributed by atoms with van der Waals surface area (Å²) in [5.41, 5.74) is 0. The lowest BCUT2D eigenvalue weighted by atomic mass is 9.85. The van der Waals surface area contributed by atoms with Gasteiger partial charge >= 0.3 is 19.8 Å². The van der Waals surface area contributed by atoms with Crippen LogP contribution in [0, 0.1) is 0 Å². The molecule has 0 bridgehead atoms. The molecule has 14 heteroatoms. The molecule has 6 N–H and O–H groups in total. The minimum atomic E-state index is -5.11. The summed E-state index contributed by atoms with van der Waals surface area (Å²) in [6, 6.07) is 0. The molecule has 1 saturated carbocycles. The Hall–Kier alpha value is -1.15. The number of phosphoric acid groups is 1. The first-order valence-corrected chi connectivity index (χ1v) is 27.8. The molecule has 8 atom stereocenters. The van der Waals surface area contributed by atoms with Gasteiger partial charge in [-0.05, 0) is 12.8 Å². The third-order valence-corrected chi connectivity index (χ3v) is 13.7. The maximum atomic E-state index is 12.8. The van der Waals surface area contributed by atoms with Crippen LogP contribution in [0.5, 0.6) is 0 Å². The summed E-state index contributed by atoms with van der Waals surface area (Å²) in [7, 11) is -5.11. The number of ether oxygens (including phenoxy) is 2. The van der Waals surface area contributed by atoms with E-state index in [1.165, 1.54) is 173 Å². The first-order valence-electron chi connectivity index (χ1n) is 26.3. The van der Waals surface area contributed by atoms with E-state index in [-0.39, 0.29) is 12.8 Å². The summed E-state index contributed by atoms with van der Waals surface area (Å²) in [5, 5.41) is 50.3. The number of rotatable bonds is 45. The number of phosphoric ester groups is 1. The number of unbranched alkanes of at least 4 members (excludes halogenated alkanes) is 33. The molecule has 1 fully saturated rings. The van der Waals surface area contributed by atoms with Crippen LogP contribution in [0.3, 0.4) is 0 Å². The van der Waals surface area contributed by atoms with Gasteiger partial charge in [-0.15, -0.1) is 0 Å². The van der Waals surface area contributed by atoms with Crippen LogP contribution in [0.4, 0.5) is 0 Å². The highest BCUT2D eigenvalue weighted by molar-refractivity contribution is 7.47. The highest BCUT2D eigenvalue weighted by Gasteiger charge is 2.51. The molecule has 1 aliphatic rings. The SMILES string of the molecule is CCCCCCCCCCCCCCCCCCCCC(=O)OC[C@@H](COP(=O)(O)OC1C(O)C(O)C(O)[C@H](O)C1O)OC(=O)CCCCCCCCCCCCCCCCCCC. The van der Waals surface area contributed by atoms with Gasteiger partial charge in [0.05, 0.1) is 6.61 Å². The molecular formula is C50H97O13P. The molecule has 0 aromatic heterocycles. The van der Waals surface area contributed by atoms with Crippen molar-refractivity contribution in [2.75, 3.05) is 13.2 Å². The Morgan fingerprint density at radius 3 is 1.03 bits per heavy atom. The van der Waals surface area contributed by atoms with Crippen molar-refractivity contribution in [3.63, 3.8) is 0 Å². The van der Waals surface area contributed by atoms with E-state index in [9.17, 15) is 44.6 Å². The molecule has 6 unspecified atom stereocenters. The van der Waals surface area contributed by atoms with E-state index < -0.39 is 75.7 Å². The van der Waals surface area contributed by atoms with Gasteiger partial charge in [-0.25, -0.2) is 4.57 Å². The highest BCUT2D eigenvalue weighted by Crippen LogP contribution is 2.47. The predicted molar refractivity (Wildman–Crippen MR) is 254 cm³/mol. The van der Waals surface area contributed by atoms with Gasteiger partial charge in [-0.2, -0.15) is 0 Å². The second-order valence-electron chi connectivity index (χ2n) is 18.7.